The summed E-state index contributed by atoms with van der Waals surface area (Å²) in [5.74, 6) is 0. The van der Waals surface area contributed by atoms with Crippen molar-refractivity contribution in [2.45, 2.75) is 6.43 Å². The number of hydrogen-bond donors (Lipinski definition) is 1. The highest BCUT2D eigenvalue weighted by Gasteiger charge is 2.18. The van der Waals surface area contributed by atoms with Gasteiger partial charge in [0.25, 0.3) is 12.0 Å². The number of aromatic nitrogens is 1. The van der Waals surface area contributed by atoms with Gasteiger partial charge in [0.2, 0.25) is 0 Å². The molecule has 0 aliphatic rings. The zero-order chi connectivity index (χ0) is 10.0. The molecule has 1 N–H and O–H groups in total. The summed E-state index contributed by atoms with van der Waals surface area (Å²) < 4.78 is 24.3. The van der Waals surface area contributed by atoms with Crippen LogP contribution in [0.4, 0.5) is 8.78 Å². The third-order valence-corrected chi connectivity index (χ3v) is 2.24. The SMILES string of the molecule is O=Cc1c[nH]c(=O)c(Br)c1C(F)F. The third kappa shape index (κ3) is 1.82. The van der Waals surface area contributed by atoms with Crippen molar-refractivity contribution in [1.82, 2.24) is 4.98 Å². The van der Waals surface area contributed by atoms with Crippen molar-refractivity contribution in [3.63, 3.8) is 0 Å². The third-order valence-electron chi connectivity index (χ3n) is 1.45. The summed E-state index contributed by atoms with van der Waals surface area (Å²) in [5, 5.41) is 0. The lowest BCUT2D eigenvalue weighted by atomic mass is 10.1. The number of H-pyrrole nitrogens is 1. The van der Waals surface area contributed by atoms with E-state index in [-0.39, 0.29) is 16.3 Å². The Kier molecular flexibility index (Phi) is 2.92. The standard InChI is InChI=1S/C7H4BrF2NO2/c8-5-4(6(9)10)3(2-12)1-11-7(5)13/h1-2,6H,(H,11,13). The topological polar surface area (TPSA) is 49.9 Å². The Morgan fingerprint density at radius 1 is 1.54 bits per heavy atom. The second-order valence-corrected chi connectivity index (χ2v) is 3.01. The van der Waals surface area contributed by atoms with Crippen LogP contribution in [0.2, 0.25) is 0 Å². The molecular formula is C7H4BrF2NO2. The van der Waals surface area contributed by atoms with Gasteiger partial charge in [-0.2, -0.15) is 0 Å². The zero-order valence-corrected chi connectivity index (χ0v) is 7.77. The quantitative estimate of drug-likeness (QED) is 0.817. The lowest BCUT2D eigenvalue weighted by molar-refractivity contribution is 0.110. The van der Waals surface area contributed by atoms with Gasteiger partial charge in [-0.25, -0.2) is 8.78 Å². The van der Waals surface area contributed by atoms with E-state index in [9.17, 15) is 18.4 Å². The molecule has 70 valence electrons. The molecule has 1 heterocycles. The van der Waals surface area contributed by atoms with Crippen molar-refractivity contribution in [2.24, 2.45) is 0 Å². The van der Waals surface area contributed by atoms with Crippen molar-refractivity contribution in [3.8, 4) is 0 Å². The largest absolute Gasteiger partial charge is 0.327 e. The minimum atomic E-state index is -2.85. The predicted octanol–water partition coefficient (Wildman–Crippen LogP) is 1.89. The van der Waals surface area contributed by atoms with Gasteiger partial charge in [0, 0.05) is 17.3 Å². The Morgan fingerprint density at radius 3 is 2.62 bits per heavy atom. The van der Waals surface area contributed by atoms with Crippen LogP contribution in [0.25, 0.3) is 0 Å². The summed E-state index contributed by atoms with van der Waals surface area (Å²) in [6, 6.07) is 0. The molecule has 0 aliphatic carbocycles. The van der Waals surface area contributed by atoms with E-state index in [0.29, 0.717) is 0 Å². The lowest BCUT2D eigenvalue weighted by Crippen LogP contribution is -2.11. The van der Waals surface area contributed by atoms with Crippen molar-refractivity contribution in [3.05, 3.63) is 32.2 Å². The molecule has 0 saturated carbocycles. The number of alkyl halides is 2. The summed E-state index contributed by atoms with van der Waals surface area (Å²) in [5.41, 5.74) is -1.47. The van der Waals surface area contributed by atoms with Crippen LogP contribution >= 0.6 is 15.9 Å². The normalized spacial score (nSPS) is 10.5. The number of rotatable bonds is 2. The maximum Gasteiger partial charge on any atom is 0.265 e. The number of aldehydes is 1. The van der Waals surface area contributed by atoms with Gasteiger partial charge < -0.3 is 4.98 Å². The highest BCUT2D eigenvalue weighted by Crippen LogP contribution is 2.26. The van der Waals surface area contributed by atoms with Gasteiger partial charge in [-0.15, -0.1) is 0 Å². The van der Waals surface area contributed by atoms with Crippen molar-refractivity contribution >= 4 is 22.2 Å². The van der Waals surface area contributed by atoms with Crippen LogP contribution in [0.1, 0.15) is 22.3 Å². The second-order valence-electron chi connectivity index (χ2n) is 2.22. The molecule has 0 spiro atoms. The predicted molar refractivity (Wildman–Crippen MR) is 45.1 cm³/mol. The minimum Gasteiger partial charge on any atom is -0.327 e. The first-order valence-corrected chi connectivity index (χ1v) is 4.01. The molecule has 13 heavy (non-hydrogen) atoms. The van der Waals surface area contributed by atoms with Crippen LogP contribution < -0.4 is 5.56 Å². The Balaban J connectivity index is 3.50. The van der Waals surface area contributed by atoms with E-state index in [4.69, 9.17) is 0 Å². The summed E-state index contributed by atoms with van der Waals surface area (Å²) in [7, 11) is 0. The Hall–Kier alpha value is -1.04. The van der Waals surface area contributed by atoms with Crippen LogP contribution in [0.3, 0.4) is 0 Å². The van der Waals surface area contributed by atoms with E-state index in [1.54, 1.807) is 0 Å². The smallest absolute Gasteiger partial charge is 0.265 e. The number of hydrogen-bond acceptors (Lipinski definition) is 2. The first kappa shape index (κ1) is 10.0. The van der Waals surface area contributed by atoms with Crippen LogP contribution in [-0.2, 0) is 0 Å². The van der Waals surface area contributed by atoms with Crippen LogP contribution in [-0.4, -0.2) is 11.3 Å². The number of carbonyl (C=O) groups excluding carboxylic acids is 1. The number of pyridine rings is 1. The number of nitrogens with one attached hydrogen (secondary N) is 1. The highest BCUT2D eigenvalue weighted by atomic mass is 79.9. The van der Waals surface area contributed by atoms with Gasteiger partial charge in [0.15, 0.2) is 6.29 Å². The fourth-order valence-corrected chi connectivity index (χ4v) is 1.37. The van der Waals surface area contributed by atoms with E-state index in [0.717, 1.165) is 6.20 Å². The molecule has 3 nitrogen and oxygen atoms in total. The number of aromatic amines is 1. The molecule has 0 unspecified atom stereocenters. The molecule has 0 saturated heterocycles. The van der Waals surface area contributed by atoms with Crippen molar-refractivity contribution in [2.75, 3.05) is 0 Å². The van der Waals surface area contributed by atoms with E-state index in [1.807, 2.05) is 0 Å². The Morgan fingerprint density at radius 2 is 2.15 bits per heavy atom. The van der Waals surface area contributed by atoms with Gasteiger partial charge in [-0.05, 0) is 15.9 Å². The average molecular weight is 252 g/mol. The van der Waals surface area contributed by atoms with Crippen LogP contribution in [0.5, 0.6) is 0 Å². The zero-order valence-electron chi connectivity index (χ0n) is 6.18. The van der Waals surface area contributed by atoms with Gasteiger partial charge in [0.05, 0.1) is 4.47 Å². The van der Waals surface area contributed by atoms with E-state index in [1.165, 1.54) is 0 Å². The molecule has 0 radical (unpaired) electrons. The highest BCUT2D eigenvalue weighted by molar-refractivity contribution is 9.10. The molecule has 1 aromatic heterocycles. The Labute approximate surface area is 79.9 Å². The molecule has 0 fully saturated rings. The van der Waals surface area contributed by atoms with E-state index in [2.05, 4.69) is 20.9 Å². The molecular weight excluding hydrogens is 248 g/mol. The molecule has 1 aromatic rings. The monoisotopic (exact) mass is 251 g/mol. The molecule has 0 bridgehead atoms. The van der Waals surface area contributed by atoms with Crippen molar-refractivity contribution < 1.29 is 13.6 Å². The molecule has 0 amide bonds. The number of carbonyl (C=O) groups is 1. The molecule has 0 atom stereocenters. The fourth-order valence-electron chi connectivity index (χ4n) is 0.853. The summed E-state index contributed by atoms with van der Waals surface area (Å²) in [6.45, 7) is 0. The first-order chi connectivity index (χ1) is 6.07. The van der Waals surface area contributed by atoms with Crippen molar-refractivity contribution in [1.29, 1.82) is 0 Å². The van der Waals surface area contributed by atoms with Crippen LogP contribution in [0, 0.1) is 0 Å². The van der Waals surface area contributed by atoms with E-state index < -0.39 is 17.5 Å². The van der Waals surface area contributed by atoms with Crippen LogP contribution in [0.15, 0.2) is 15.5 Å². The lowest BCUT2D eigenvalue weighted by Gasteiger charge is -2.04. The van der Waals surface area contributed by atoms with Gasteiger partial charge in [0.1, 0.15) is 0 Å². The molecule has 0 aromatic carbocycles. The number of halogens is 3. The van der Waals surface area contributed by atoms with E-state index >= 15 is 0 Å². The minimum absolute atomic E-state index is 0.221. The summed E-state index contributed by atoms with van der Waals surface area (Å²) in [6.07, 6.45) is -1.62. The molecule has 6 heteroatoms. The molecule has 0 aliphatic heterocycles. The maximum atomic E-state index is 12.3. The van der Waals surface area contributed by atoms with Gasteiger partial charge in [-0.1, -0.05) is 0 Å². The summed E-state index contributed by atoms with van der Waals surface area (Å²) >= 11 is 2.69. The average Bonchev–Trinajstić information content (AvgIpc) is 2.08. The Bertz CT molecular complexity index is 389. The molecule has 1 rings (SSSR count). The second kappa shape index (κ2) is 3.78. The maximum absolute atomic E-state index is 12.3. The first-order valence-electron chi connectivity index (χ1n) is 3.22. The summed E-state index contributed by atoms with van der Waals surface area (Å²) in [4.78, 5) is 23.3. The van der Waals surface area contributed by atoms with Gasteiger partial charge >= 0.3 is 0 Å². The van der Waals surface area contributed by atoms with Gasteiger partial charge in [-0.3, -0.25) is 9.59 Å². The fraction of sp³-hybridized carbons (Fsp3) is 0.143.